The van der Waals surface area contributed by atoms with E-state index in [9.17, 15) is 0 Å². The molecule has 0 aliphatic carbocycles. The zero-order chi connectivity index (χ0) is 8.39. The molecule has 2 atom stereocenters. The highest BCUT2D eigenvalue weighted by molar-refractivity contribution is 7.84. The van der Waals surface area contributed by atoms with Crippen molar-refractivity contribution in [1.29, 1.82) is 0 Å². The molecule has 1 aliphatic heterocycles. The van der Waals surface area contributed by atoms with E-state index in [1.54, 1.807) is 0 Å². The Hall–Kier alpha value is -0.0600. The minimum atomic E-state index is -0.233. The van der Waals surface area contributed by atoms with E-state index < -0.39 is 0 Å². The van der Waals surface area contributed by atoms with E-state index >= 15 is 0 Å². The largest absolute Gasteiger partial charge is 0.0958 e. The molecule has 1 aliphatic rings. The fourth-order valence-corrected chi connectivity index (χ4v) is 4.48. The summed E-state index contributed by atoms with van der Waals surface area (Å²) in [6, 6.07) is 10.7. The molecule has 1 unspecified atom stereocenters. The molecule has 64 valence electrons. The van der Waals surface area contributed by atoms with E-state index in [1.165, 1.54) is 24.6 Å². The molecule has 1 aromatic carbocycles. The highest BCUT2D eigenvalue weighted by atomic mass is 35.7. The van der Waals surface area contributed by atoms with Gasteiger partial charge in [-0.15, -0.1) is 0 Å². The van der Waals surface area contributed by atoms with Gasteiger partial charge in [0.1, 0.15) is 0 Å². The van der Waals surface area contributed by atoms with Crippen molar-refractivity contribution in [2.75, 3.05) is 6.16 Å². The van der Waals surface area contributed by atoms with Gasteiger partial charge in [0.2, 0.25) is 0 Å². The Balaban J connectivity index is 2.19. The lowest BCUT2D eigenvalue weighted by molar-refractivity contribution is 0.828. The maximum absolute atomic E-state index is 6.28. The van der Waals surface area contributed by atoms with Gasteiger partial charge in [-0.05, 0) is 31.8 Å². The number of rotatable bonds is 1. The highest BCUT2D eigenvalue weighted by Crippen LogP contribution is 2.62. The average molecular weight is 199 g/mol. The third kappa shape index (κ3) is 1.65. The van der Waals surface area contributed by atoms with Crippen LogP contribution in [0.15, 0.2) is 30.3 Å². The van der Waals surface area contributed by atoms with Crippen LogP contribution in [-0.4, -0.2) is 6.16 Å². The molecule has 2 rings (SSSR count). The molecular weight excluding hydrogens is 187 g/mol. The van der Waals surface area contributed by atoms with Gasteiger partial charge in [-0.3, -0.25) is 0 Å². The zero-order valence-electron chi connectivity index (χ0n) is 6.91. The van der Waals surface area contributed by atoms with Gasteiger partial charge in [0.15, 0.2) is 0 Å². The van der Waals surface area contributed by atoms with Crippen LogP contribution in [0.4, 0.5) is 0 Å². The van der Waals surface area contributed by atoms with E-state index in [0.717, 1.165) is 0 Å². The van der Waals surface area contributed by atoms with E-state index in [0.29, 0.717) is 5.66 Å². The molecule has 2 heteroatoms. The second-order valence-electron chi connectivity index (χ2n) is 3.19. The first kappa shape index (κ1) is 8.53. The predicted molar refractivity (Wildman–Crippen MR) is 56.1 cm³/mol. The molecule has 1 heterocycles. The van der Waals surface area contributed by atoms with Crippen molar-refractivity contribution in [2.24, 2.45) is 0 Å². The van der Waals surface area contributed by atoms with Crippen molar-refractivity contribution in [3.63, 3.8) is 0 Å². The van der Waals surface area contributed by atoms with Crippen molar-refractivity contribution < 1.29 is 0 Å². The first-order valence-electron chi connectivity index (χ1n) is 4.35. The molecular formula is C10H12ClP. The second kappa shape index (κ2) is 3.77. The molecule has 0 nitrogen and oxygen atoms in total. The summed E-state index contributed by atoms with van der Waals surface area (Å²) in [5.41, 5.74) is 2.11. The average Bonchev–Trinajstić information content (AvgIpc) is 2.53. The van der Waals surface area contributed by atoms with Crippen molar-refractivity contribution >= 4 is 18.5 Å². The van der Waals surface area contributed by atoms with Gasteiger partial charge in [-0.2, -0.15) is 0 Å². The maximum atomic E-state index is 6.28. The summed E-state index contributed by atoms with van der Waals surface area (Å²) in [5.74, 6) is 0. The first-order chi connectivity index (χ1) is 5.88. The fraction of sp³-hybridized carbons (Fsp3) is 0.400. The minimum Gasteiger partial charge on any atom is -0.0958 e. The van der Waals surface area contributed by atoms with Gasteiger partial charge in [-0.1, -0.05) is 41.6 Å². The smallest absolute Gasteiger partial charge is 0.0180 e. The van der Waals surface area contributed by atoms with Crippen molar-refractivity contribution in [1.82, 2.24) is 0 Å². The molecule has 0 amide bonds. The lowest BCUT2D eigenvalue weighted by Crippen LogP contribution is -1.87. The number of halogens is 1. The normalized spacial score (nSPS) is 29.1. The van der Waals surface area contributed by atoms with Gasteiger partial charge < -0.3 is 0 Å². The monoisotopic (exact) mass is 198 g/mol. The quantitative estimate of drug-likeness (QED) is 0.595. The molecule has 0 N–H and O–H groups in total. The standard InChI is InChI=1S/C10H12ClP/c11-12-8-4-7-10(12)9-5-2-1-3-6-9/h1-3,5-6,10H,4,7-8H2/t10-,12?/m1/s1. The van der Waals surface area contributed by atoms with Crippen LogP contribution < -0.4 is 0 Å². The van der Waals surface area contributed by atoms with Crippen LogP contribution in [0.2, 0.25) is 0 Å². The molecule has 1 aromatic rings. The molecule has 0 spiro atoms. The molecule has 0 aromatic heterocycles. The summed E-state index contributed by atoms with van der Waals surface area (Å²) in [6.45, 7) is 0. The Morgan fingerprint density at radius 3 is 2.58 bits per heavy atom. The van der Waals surface area contributed by atoms with Crippen molar-refractivity contribution in [3.8, 4) is 0 Å². The van der Waals surface area contributed by atoms with Crippen LogP contribution in [0.5, 0.6) is 0 Å². The predicted octanol–water partition coefficient (Wildman–Crippen LogP) is 4.16. The lowest BCUT2D eigenvalue weighted by Gasteiger charge is -2.13. The van der Waals surface area contributed by atoms with Gasteiger partial charge in [0, 0.05) is 5.66 Å². The SMILES string of the molecule is ClP1CCC[C@@H]1c1ccccc1. The van der Waals surface area contributed by atoms with E-state index in [4.69, 9.17) is 11.2 Å². The summed E-state index contributed by atoms with van der Waals surface area (Å²) >= 11 is 6.28. The zero-order valence-corrected chi connectivity index (χ0v) is 8.56. The van der Waals surface area contributed by atoms with Crippen molar-refractivity contribution in [3.05, 3.63) is 35.9 Å². The molecule has 0 bridgehead atoms. The molecule has 1 saturated heterocycles. The summed E-state index contributed by atoms with van der Waals surface area (Å²) in [5, 5.41) is 0. The van der Waals surface area contributed by atoms with Crippen LogP contribution in [-0.2, 0) is 0 Å². The number of benzene rings is 1. The van der Waals surface area contributed by atoms with Gasteiger partial charge in [0.25, 0.3) is 0 Å². The Bertz CT molecular complexity index is 247. The van der Waals surface area contributed by atoms with Gasteiger partial charge >= 0.3 is 0 Å². The Morgan fingerprint density at radius 2 is 2.00 bits per heavy atom. The molecule has 12 heavy (non-hydrogen) atoms. The Morgan fingerprint density at radius 1 is 1.25 bits per heavy atom. The molecule has 0 radical (unpaired) electrons. The Labute approximate surface area is 79.5 Å². The summed E-state index contributed by atoms with van der Waals surface area (Å²) in [6.07, 6.45) is 3.85. The van der Waals surface area contributed by atoms with Crippen LogP contribution in [0.1, 0.15) is 24.1 Å². The second-order valence-corrected chi connectivity index (χ2v) is 6.36. The topological polar surface area (TPSA) is 0 Å². The maximum Gasteiger partial charge on any atom is 0.0180 e. The first-order valence-corrected chi connectivity index (χ1v) is 6.85. The molecule has 1 fully saturated rings. The number of hydrogen-bond acceptors (Lipinski definition) is 0. The fourth-order valence-electron chi connectivity index (χ4n) is 1.74. The van der Waals surface area contributed by atoms with Crippen LogP contribution in [0.25, 0.3) is 0 Å². The van der Waals surface area contributed by atoms with Crippen LogP contribution in [0, 0.1) is 0 Å². The summed E-state index contributed by atoms with van der Waals surface area (Å²) < 4.78 is 0. The minimum absolute atomic E-state index is 0.233. The third-order valence-corrected chi connectivity index (χ3v) is 5.56. The molecule has 0 saturated carbocycles. The number of hydrogen-bond donors (Lipinski definition) is 0. The summed E-state index contributed by atoms with van der Waals surface area (Å²) in [4.78, 5) is 0. The van der Waals surface area contributed by atoms with E-state index in [1.807, 2.05) is 0 Å². The summed E-state index contributed by atoms with van der Waals surface area (Å²) in [7, 11) is -0.233. The Kier molecular flexibility index (Phi) is 2.68. The van der Waals surface area contributed by atoms with E-state index in [2.05, 4.69) is 30.3 Å². The van der Waals surface area contributed by atoms with Crippen molar-refractivity contribution in [2.45, 2.75) is 18.5 Å². The van der Waals surface area contributed by atoms with Gasteiger partial charge in [-0.25, -0.2) is 0 Å². The van der Waals surface area contributed by atoms with Gasteiger partial charge in [0.05, 0.1) is 0 Å². The van der Waals surface area contributed by atoms with Crippen LogP contribution in [0.3, 0.4) is 0 Å². The lowest BCUT2D eigenvalue weighted by atomic mass is 10.1. The van der Waals surface area contributed by atoms with Crippen LogP contribution >= 0.6 is 18.5 Å². The third-order valence-electron chi connectivity index (χ3n) is 2.37. The highest BCUT2D eigenvalue weighted by Gasteiger charge is 2.25. The van der Waals surface area contributed by atoms with E-state index in [-0.39, 0.29) is 7.27 Å².